The van der Waals surface area contributed by atoms with Gasteiger partial charge in [-0.15, -0.1) is 0 Å². The average Bonchev–Trinajstić information content (AvgIpc) is 3.38. The van der Waals surface area contributed by atoms with E-state index in [-0.39, 0.29) is 29.8 Å². The summed E-state index contributed by atoms with van der Waals surface area (Å²) in [4.78, 5) is 21.7. The lowest BCUT2D eigenvalue weighted by atomic mass is 9.87. The van der Waals surface area contributed by atoms with Crippen molar-refractivity contribution in [1.29, 1.82) is 5.26 Å². The topological polar surface area (TPSA) is 85.7 Å². The van der Waals surface area contributed by atoms with E-state index in [0.29, 0.717) is 51.3 Å². The van der Waals surface area contributed by atoms with Gasteiger partial charge in [-0.3, -0.25) is 4.99 Å². The number of urea groups is 1. The lowest BCUT2D eigenvalue weighted by Crippen LogP contribution is -2.52. The third-order valence-corrected chi connectivity index (χ3v) is 7.46. The fourth-order valence-corrected chi connectivity index (χ4v) is 5.45. The number of carbonyl (C=O) groups is 1. The normalized spacial score (nSPS) is 25.4. The molecule has 2 aliphatic heterocycles. The maximum absolute atomic E-state index is 13.3. The van der Waals surface area contributed by atoms with Gasteiger partial charge in [0, 0.05) is 43.9 Å². The van der Waals surface area contributed by atoms with Crippen molar-refractivity contribution >= 4 is 11.9 Å². The highest BCUT2D eigenvalue weighted by molar-refractivity contribution is 5.83. The fraction of sp³-hybridized carbons (Fsp3) is 0.640. The van der Waals surface area contributed by atoms with Gasteiger partial charge in [0.15, 0.2) is 0 Å². The first kappa shape index (κ1) is 24.4. The molecule has 0 bridgehead atoms. The standard InChI is InChI=1S/C25H32F3N5O/c26-25(27,28)21-7-5-18(6-8-21)20-13-22(31-23(30)19-3-1-2-4-19)16-33(15-20)24(34)32-11-9-17(14-29)10-12-32/h5-8,17,19-20,22H,1-4,9-13,15-16H2,(H2,30,31). The zero-order valence-corrected chi connectivity index (χ0v) is 19.3. The highest BCUT2D eigenvalue weighted by atomic mass is 19.4. The summed E-state index contributed by atoms with van der Waals surface area (Å²) >= 11 is 0. The molecule has 1 aromatic rings. The summed E-state index contributed by atoms with van der Waals surface area (Å²) in [7, 11) is 0. The molecule has 2 unspecified atom stereocenters. The zero-order chi connectivity index (χ0) is 24.3. The Hall–Kier alpha value is -2.76. The van der Waals surface area contributed by atoms with E-state index in [1.54, 1.807) is 9.80 Å². The van der Waals surface area contributed by atoms with Crippen molar-refractivity contribution in [2.24, 2.45) is 22.6 Å². The van der Waals surface area contributed by atoms with Crippen LogP contribution in [0, 0.1) is 23.2 Å². The largest absolute Gasteiger partial charge is 0.416 e. The van der Waals surface area contributed by atoms with Crippen LogP contribution in [0.4, 0.5) is 18.0 Å². The molecule has 1 aromatic carbocycles. The van der Waals surface area contributed by atoms with Crippen molar-refractivity contribution in [3.05, 3.63) is 35.4 Å². The molecule has 2 amide bonds. The third kappa shape index (κ3) is 5.65. The number of benzene rings is 1. The molecule has 4 rings (SSSR count). The first-order chi connectivity index (χ1) is 16.2. The van der Waals surface area contributed by atoms with E-state index < -0.39 is 11.7 Å². The summed E-state index contributed by atoms with van der Waals surface area (Å²) in [6, 6.07) is 7.24. The van der Waals surface area contributed by atoms with Gasteiger partial charge in [-0.2, -0.15) is 18.4 Å². The molecule has 9 heteroatoms. The van der Waals surface area contributed by atoms with E-state index in [1.165, 1.54) is 12.1 Å². The van der Waals surface area contributed by atoms with Crippen molar-refractivity contribution < 1.29 is 18.0 Å². The highest BCUT2D eigenvalue weighted by Crippen LogP contribution is 2.34. The Balaban J connectivity index is 1.53. The first-order valence-electron chi connectivity index (χ1n) is 12.2. The lowest BCUT2D eigenvalue weighted by molar-refractivity contribution is -0.137. The molecular weight excluding hydrogens is 443 g/mol. The number of hydrogen-bond donors (Lipinski definition) is 1. The molecule has 2 heterocycles. The van der Waals surface area contributed by atoms with Gasteiger partial charge in [-0.25, -0.2) is 4.79 Å². The molecule has 34 heavy (non-hydrogen) atoms. The van der Waals surface area contributed by atoms with E-state index in [1.807, 2.05) is 0 Å². The monoisotopic (exact) mass is 475 g/mol. The van der Waals surface area contributed by atoms with Crippen LogP contribution in [-0.2, 0) is 6.18 Å². The molecule has 1 aliphatic carbocycles. The van der Waals surface area contributed by atoms with Gasteiger partial charge in [-0.05, 0) is 49.8 Å². The first-order valence-corrected chi connectivity index (χ1v) is 12.2. The van der Waals surface area contributed by atoms with Crippen LogP contribution in [-0.4, -0.2) is 53.9 Å². The number of likely N-dealkylation sites (tertiary alicyclic amines) is 2. The van der Waals surface area contributed by atoms with Gasteiger partial charge in [0.2, 0.25) is 0 Å². The van der Waals surface area contributed by atoms with Crippen molar-refractivity contribution in [3.8, 4) is 6.07 Å². The van der Waals surface area contributed by atoms with Crippen LogP contribution in [0.5, 0.6) is 0 Å². The second kappa shape index (κ2) is 10.2. The molecule has 2 atom stereocenters. The van der Waals surface area contributed by atoms with Crippen molar-refractivity contribution in [2.75, 3.05) is 26.2 Å². The van der Waals surface area contributed by atoms with E-state index in [0.717, 1.165) is 43.4 Å². The predicted octanol–water partition coefficient (Wildman–Crippen LogP) is 4.77. The van der Waals surface area contributed by atoms with Gasteiger partial charge in [0.05, 0.1) is 23.5 Å². The number of nitrogens with two attached hydrogens (primary N) is 1. The Morgan fingerprint density at radius 2 is 1.68 bits per heavy atom. The van der Waals surface area contributed by atoms with Crippen molar-refractivity contribution in [2.45, 2.75) is 63.1 Å². The van der Waals surface area contributed by atoms with Crippen LogP contribution >= 0.6 is 0 Å². The van der Waals surface area contributed by atoms with E-state index in [4.69, 9.17) is 16.0 Å². The lowest BCUT2D eigenvalue weighted by Gasteiger charge is -2.40. The number of halogens is 3. The molecular formula is C25H32F3N5O. The van der Waals surface area contributed by atoms with Gasteiger partial charge in [-0.1, -0.05) is 25.0 Å². The quantitative estimate of drug-likeness (QED) is 0.505. The van der Waals surface area contributed by atoms with Gasteiger partial charge in [0.25, 0.3) is 0 Å². The number of aliphatic imine (C=N–C) groups is 1. The number of carbonyl (C=O) groups excluding carboxylic acids is 1. The van der Waals surface area contributed by atoms with Crippen molar-refractivity contribution in [3.63, 3.8) is 0 Å². The van der Waals surface area contributed by atoms with Gasteiger partial charge >= 0.3 is 12.2 Å². The van der Waals surface area contributed by atoms with E-state index in [2.05, 4.69) is 6.07 Å². The van der Waals surface area contributed by atoms with Crippen LogP contribution in [0.2, 0.25) is 0 Å². The smallest absolute Gasteiger partial charge is 0.387 e. The summed E-state index contributed by atoms with van der Waals surface area (Å²) < 4.78 is 39.1. The zero-order valence-electron chi connectivity index (χ0n) is 19.3. The Morgan fingerprint density at radius 3 is 2.26 bits per heavy atom. The van der Waals surface area contributed by atoms with Crippen LogP contribution in [0.15, 0.2) is 29.3 Å². The molecule has 1 saturated carbocycles. The molecule has 0 aromatic heterocycles. The van der Waals surface area contributed by atoms with E-state index >= 15 is 0 Å². The SMILES string of the molecule is N#CC1CCN(C(=O)N2CC(N=C(N)C3CCCC3)CC(c3ccc(C(F)(F)F)cc3)C2)CC1. The Morgan fingerprint density at radius 1 is 1.03 bits per heavy atom. The number of rotatable bonds is 3. The summed E-state index contributed by atoms with van der Waals surface area (Å²) in [5.74, 6) is 0.772. The average molecular weight is 476 g/mol. The number of nitriles is 1. The van der Waals surface area contributed by atoms with Crippen molar-refractivity contribution in [1.82, 2.24) is 9.80 Å². The predicted molar refractivity (Wildman–Crippen MR) is 123 cm³/mol. The molecule has 0 radical (unpaired) electrons. The second-order valence-electron chi connectivity index (χ2n) is 9.82. The Kier molecular flexibility index (Phi) is 7.34. The number of piperidine rings is 2. The minimum absolute atomic E-state index is 0.0196. The summed E-state index contributed by atoms with van der Waals surface area (Å²) in [6.07, 6.45) is 1.92. The molecule has 3 aliphatic rings. The van der Waals surface area contributed by atoms with Crippen LogP contribution in [0.3, 0.4) is 0 Å². The number of alkyl halides is 3. The fourth-order valence-electron chi connectivity index (χ4n) is 5.45. The van der Waals surface area contributed by atoms with Crippen LogP contribution in [0.25, 0.3) is 0 Å². The maximum atomic E-state index is 13.3. The number of amidine groups is 1. The van der Waals surface area contributed by atoms with Gasteiger partial charge in [0.1, 0.15) is 0 Å². The number of amides is 2. The van der Waals surface area contributed by atoms with Crippen LogP contribution < -0.4 is 5.73 Å². The number of nitrogens with zero attached hydrogens (tertiary/aromatic N) is 4. The highest BCUT2D eigenvalue weighted by Gasteiger charge is 2.35. The molecule has 0 spiro atoms. The third-order valence-electron chi connectivity index (χ3n) is 7.46. The molecule has 2 saturated heterocycles. The second-order valence-corrected chi connectivity index (χ2v) is 9.82. The van der Waals surface area contributed by atoms with Gasteiger partial charge < -0.3 is 15.5 Å². The summed E-state index contributed by atoms with van der Waals surface area (Å²) in [5.41, 5.74) is 6.43. The molecule has 6 nitrogen and oxygen atoms in total. The minimum Gasteiger partial charge on any atom is -0.387 e. The minimum atomic E-state index is -4.38. The molecule has 3 fully saturated rings. The van der Waals surface area contributed by atoms with Crippen LogP contribution in [0.1, 0.15) is 62.0 Å². The van der Waals surface area contributed by atoms with E-state index in [9.17, 15) is 18.0 Å². The molecule has 2 N–H and O–H groups in total. The Labute approximate surface area is 198 Å². The maximum Gasteiger partial charge on any atom is 0.416 e. The summed E-state index contributed by atoms with van der Waals surface area (Å²) in [6.45, 7) is 1.95. The Bertz CT molecular complexity index is 925. The summed E-state index contributed by atoms with van der Waals surface area (Å²) in [5, 5.41) is 9.14. The number of hydrogen-bond acceptors (Lipinski definition) is 3. The molecule has 184 valence electrons.